The van der Waals surface area contributed by atoms with E-state index in [2.05, 4.69) is 5.32 Å². The maximum absolute atomic E-state index is 11.4. The van der Waals surface area contributed by atoms with Crippen LogP contribution in [-0.2, 0) is 14.3 Å². The molecular formula is C9H18N2O3. The normalized spacial score (nSPS) is 12.2. The Balaban J connectivity index is 4.25. The van der Waals surface area contributed by atoms with E-state index in [9.17, 15) is 9.59 Å². The molecule has 82 valence electrons. The van der Waals surface area contributed by atoms with Gasteiger partial charge in [-0.15, -0.1) is 0 Å². The van der Waals surface area contributed by atoms with Gasteiger partial charge in [0.2, 0.25) is 0 Å². The number of rotatable bonds is 7. The Morgan fingerprint density at radius 3 is 2.57 bits per heavy atom. The first kappa shape index (κ1) is 13.1. The highest BCUT2D eigenvalue weighted by Gasteiger charge is 2.25. The van der Waals surface area contributed by atoms with Crippen molar-refractivity contribution in [2.24, 2.45) is 11.7 Å². The first-order valence-corrected chi connectivity index (χ1v) is 4.71. The maximum Gasteiger partial charge on any atom is 0.316 e. The molecule has 0 bridgehead atoms. The molecule has 0 aliphatic heterocycles. The third-order valence-electron chi connectivity index (χ3n) is 1.77. The molecule has 3 N–H and O–H groups in total. The van der Waals surface area contributed by atoms with E-state index >= 15 is 0 Å². The Bertz CT molecular complexity index is 176. The first-order valence-electron chi connectivity index (χ1n) is 4.71. The fourth-order valence-electron chi connectivity index (χ4n) is 1.12. The summed E-state index contributed by atoms with van der Waals surface area (Å²) >= 11 is 0. The van der Waals surface area contributed by atoms with Crippen molar-refractivity contribution < 1.29 is 14.3 Å². The van der Waals surface area contributed by atoms with Gasteiger partial charge in [-0.3, -0.25) is 9.59 Å². The predicted molar refractivity (Wildman–Crippen MR) is 52.7 cm³/mol. The van der Waals surface area contributed by atoms with Crippen LogP contribution < -0.4 is 11.1 Å². The van der Waals surface area contributed by atoms with Crippen molar-refractivity contribution in [1.29, 1.82) is 0 Å². The van der Waals surface area contributed by atoms with Crippen molar-refractivity contribution in [3.05, 3.63) is 0 Å². The lowest BCUT2D eigenvalue weighted by molar-refractivity contribution is -0.151. The number of ketones is 1. The third kappa shape index (κ3) is 4.34. The van der Waals surface area contributed by atoms with E-state index in [-0.39, 0.29) is 18.9 Å². The molecule has 0 radical (unpaired) electrons. The van der Waals surface area contributed by atoms with Crippen molar-refractivity contribution in [3.63, 3.8) is 0 Å². The van der Waals surface area contributed by atoms with E-state index in [1.807, 2.05) is 0 Å². The van der Waals surface area contributed by atoms with Crippen LogP contribution in [0, 0.1) is 5.92 Å². The molecule has 0 aliphatic rings. The van der Waals surface area contributed by atoms with E-state index in [4.69, 9.17) is 10.5 Å². The quantitative estimate of drug-likeness (QED) is 0.421. The molecule has 0 fully saturated rings. The minimum atomic E-state index is -0.715. The monoisotopic (exact) mass is 202 g/mol. The van der Waals surface area contributed by atoms with Crippen molar-refractivity contribution in [2.75, 3.05) is 26.7 Å². The van der Waals surface area contributed by atoms with Gasteiger partial charge >= 0.3 is 5.97 Å². The van der Waals surface area contributed by atoms with E-state index in [1.165, 1.54) is 0 Å². The summed E-state index contributed by atoms with van der Waals surface area (Å²) < 4.78 is 4.78. The molecule has 14 heavy (non-hydrogen) atoms. The Morgan fingerprint density at radius 1 is 1.50 bits per heavy atom. The van der Waals surface area contributed by atoms with Crippen LogP contribution in [0.5, 0.6) is 0 Å². The predicted octanol–water partition coefficient (Wildman–Crippen LogP) is -0.697. The van der Waals surface area contributed by atoms with Gasteiger partial charge in [-0.1, -0.05) is 0 Å². The van der Waals surface area contributed by atoms with Crippen molar-refractivity contribution in [3.8, 4) is 0 Å². The molecule has 0 aromatic carbocycles. The summed E-state index contributed by atoms with van der Waals surface area (Å²) in [6, 6.07) is 0. The summed E-state index contributed by atoms with van der Waals surface area (Å²) in [6.07, 6.45) is 0.347. The number of hydrogen-bond donors (Lipinski definition) is 2. The van der Waals surface area contributed by atoms with Crippen LogP contribution in [0.15, 0.2) is 0 Å². The Hall–Kier alpha value is -0.940. The lowest BCUT2D eigenvalue weighted by Gasteiger charge is -2.12. The van der Waals surface area contributed by atoms with E-state index < -0.39 is 11.9 Å². The highest BCUT2D eigenvalue weighted by atomic mass is 16.5. The number of esters is 1. The smallest absolute Gasteiger partial charge is 0.316 e. The summed E-state index contributed by atoms with van der Waals surface area (Å²) in [5.74, 6) is -1.36. The largest absolute Gasteiger partial charge is 0.465 e. The van der Waals surface area contributed by atoms with Gasteiger partial charge in [0.1, 0.15) is 5.92 Å². The highest BCUT2D eigenvalue weighted by molar-refractivity contribution is 5.99. The van der Waals surface area contributed by atoms with Gasteiger partial charge < -0.3 is 15.8 Å². The molecule has 0 amide bonds. The van der Waals surface area contributed by atoms with Crippen LogP contribution in [0.25, 0.3) is 0 Å². The van der Waals surface area contributed by atoms with Crippen molar-refractivity contribution >= 4 is 11.8 Å². The van der Waals surface area contributed by atoms with Crippen LogP contribution in [-0.4, -0.2) is 38.5 Å². The fraction of sp³-hybridized carbons (Fsp3) is 0.778. The number of likely N-dealkylation sites (N-methyl/N-ethyl adjacent to an activating group) is 1. The molecule has 0 rings (SSSR count). The molecule has 1 atom stereocenters. The molecule has 5 heteroatoms. The summed E-state index contributed by atoms with van der Waals surface area (Å²) in [5, 5.41) is 2.71. The standard InChI is InChI=1S/C9H18N2O3/c1-3-14-9(13)7(4-5-10)8(12)6-11-2/h7,11H,3-6,10H2,1-2H3. The number of ether oxygens (including phenoxy) is 1. The summed E-state index contributed by atoms with van der Waals surface area (Å²) in [6.45, 7) is 2.47. The second-order valence-corrected chi connectivity index (χ2v) is 2.88. The average molecular weight is 202 g/mol. The molecule has 0 aromatic heterocycles. The molecular weight excluding hydrogens is 184 g/mol. The second kappa shape index (κ2) is 7.46. The lowest BCUT2D eigenvalue weighted by atomic mass is 10.0. The Kier molecular flexibility index (Phi) is 6.96. The summed E-state index contributed by atoms with van der Waals surface area (Å²) in [5.41, 5.74) is 5.32. The first-order chi connectivity index (χ1) is 6.67. The van der Waals surface area contributed by atoms with Crippen LogP contribution in [0.1, 0.15) is 13.3 Å². The zero-order valence-corrected chi connectivity index (χ0v) is 8.71. The van der Waals surface area contributed by atoms with Crippen LogP contribution >= 0.6 is 0 Å². The number of Topliss-reactive ketones (excluding diaryl/α,β-unsaturated/α-hetero) is 1. The molecule has 0 saturated carbocycles. The minimum absolute atomic E-state index is 0.170. The number of hydrogen-bond acceptors (Lipinski definition) is 5. The average Bonchev–Trinajstić information content (AvgIpc) is 2.14. The van der Waals surface area contributed by atoms with E-state index in [0.29, 0.717) is 13.0 Å². The third-order valence-corrected chi connectivity index (χ3v) is 1.77. The van der Waals surface area contributed by atoms with Gasteiger partial charge in [0.05, 0.1) is 13.2 Å². The van der Waals surface area contributed by atoms with Gasteiger partial charge in [0.15, 0.2) is 5.78 Å². The minimum Gasteiger partial charge on any atom is -0.465 e. The summed E-state index contributed by atoms with van der Waals surface area (Å²) in [7, 11) is 1.66. The number of carbonyl (C=O) groups excluding carboxylic acids is 2. The van der Waals surface area contributed by atoms with E-state index in [0.717, 1.165) is 0 Å². The SMILES string of the molecule is CCOC(=O)C(CCN)C(=O)CNC. The number of nitrogens with one attached hydrogen (secondary N) is 1. The molecule has 0 aromatic rings. The fourth-order valence-corrected chi connectivity index (χ4v) is 1.12. The molecule has 5 nitrogen and oxygen atoms in total. The molecule has 0 spiro atoms. The zero-order chi connectivity index (χ0) is 11.0. The lowest BCUT2D eigenvalue weighted by Crippen LogP contribution is -2.34. The van der Waals surface area contributed by atoms with Crippen LogP contribution in [0.3, 0.4) is 0 Å². The van der Waals surface area contributed by atoms with Crippen molar-refractivity contribution in [1.82, 2.24) is 5.32 Å². The van der Waals surface area contributed by atoms with Gasteiger partial charge in [0.25, 0.3) is 0 Å². The molecule has 0 heterocycles. The van der Waals surface area contributed by atoms with Gasteiger partial charge in [-0.25, -0.2) is 0 Å². The van der Waals surface area contributed by atoms with Gasteiger partial charge in [-0.05, 0) is 26.9 Å². The topological polar surface area (TPSA) is 81.4 Å². The number of nitrogens with two attached hydrogens (primary N) is 1. The maximum atomic E-state index is 11.4. The van der Waals surface area contributed by atoms with Crippen LogP contribution in [0.2, 0.25) is 0 Å². The van der Waals surface area contributed by atoms with Gasteiger partial charge in [0, 0.05) is 0 Å². The number of carbonyl (C=O) groups is 2. The van der Waals surface area contributed by atoms with E-state index in [1.54, 1.807) is 14.0 Å². The molecule has 0 saturated heterocycles. The van der Waals surface area contributed by atoms with Crippen LogP contribution in [0.4, 0.5) is 0 Å². The molecule has 0 aliphatic carbocycles. The van der Waals surface area contributed by atoms with Gasteiger partial charge in [-0.2, -0.15) is 0 Å². The molecule has 1 unspecified atom stereocenters. The summed E-state index contributed by atoms with van der Waals surface area (Å²) in [4.78, 5) is 22.8. The Labute approximate surface area is 84.0 Å². The highest BCUT2D eigenvalue weighted by Crippen LogP contribution is 2.06. The van der Waals surface area contributed by atoms with Crippen molar-refractivity contribution in [2.45, 2.75) is 13.3 Å². The second-order valence-electron chi connectivity index (χ2n) is 2.88. The Morgan fingerprint density at radius 2 is 2.14 bits per heavy atom. The zero-order valence-electron chi connectivity index (χ0n) is 8.71.